The molecule has 0 aromatic heterocycles. The minimum atomic E-state index is -3.84. The smallest absolute Gasteiger partial charge is 0.238 e. The molecule has 16 rings (SSSR count). The average molecular weight is 2020 g/mol. The van der Waals surface area contributed by atoms with E-state index in [4.69, 9.17) is 111 Å². The Morgan fingerprint density at radius 2 is 0.684 bits per heavy atom. The number of nitrogens with zero attached hydrogens (tertiary/aromatic N) is 5. The van der Waals surface area contributed by atoms with Crippen LogP contribution < -0.4 is 78.1 Å². The Labute approximate surface area is 810 Å². The number of methoxy groups -OCH3 is 4. The number of hydrogen-bond acceptors (Lipinski definition) is 21. The molecule has 4 fully saturated rings. The van der Waals surface area contributed by atoms with Crippen LogP contribution in [0.25, 0.3) is 4.85 Å². The van der Waals surface area contributed by atoms with Gasteiger partial charge in [0, 0.05) is 141 Å². The molecule has 8 N–H and O–H groups in total. The van der Waals surface area contributed by atoms with E-state index in [1.165, 1.54) is 111 Å². The molecule has 12 aromatic rings. The van der Waals surface area contributed by atoms with Crippen LogP contribution in [0.5, 0.6) is 69.0 Å². The summed E-state index contributed by atoms with van der Waals surface area (Å²) in [5.41, 5.74) is 7.43. The lowest BCUT2D eigenvalue weighted by Crippen LogP contribution is -2.24. The number of ether oxygens (including phenoxy) is 8. The highest BCUT2D eigenvalue weighted by molar-refractivity contribution is 7.99. The number of aryl methyl sites for hydroxylation is 2. The lowest BCUT2D eigenvalue weighted by molar-refractivity contribution is -0.118. The van der Waals surface area contributed by atoms with E-state index in [-0.39, 0.29) is 103 Å². The van der Waals surface area contributed by atoms with Crippen molar-refractivity contribution in [2.45, 2.75) is 94.6 Å². The number of thioether (sulfide) groups is 1. The van der Waals surface area contributed by atoms with Gasteiger partial charge in [-0.2, -0.15) is 0 Å². The predicted octanol–water partition coefficient (Wildman–Crippen LogP) is 19.7. The van der Waals surface area contributed by atoms with Crippen molar-refractivity contribution in [2.24, 2.45) is 20.6 Å². The van der Waals surface area contributed by atoms with E-state index in [9.17, 15) is 57.2 Å². The third kappa shape index (κ3) is 24.1. The van der Waals surface area contributed by atoms with Crippen molar-refractivity contribution in [2.75, 3.05) is 80.0 Å². The average Bonchev–Trinajstić information content (AvgIpc) is 1.61. The minimum Gasteiger partial charge on any atom is -0.496 e. The Morgan fingerprint density at radius 3 is 1.01 bits per heavy atom. The fraction of sp³-hybridized carbons (Fsp3) is 0.206. The quantitative estimate of drug-likeness (QED) is 0.0289. The topological polar surface area (TPSA) is 400 Å². The molecule has 0 unspecified atom stereocenters. The van der Waals surface area contributed by atoms with Gasteiger partial charge in [0.1, 0.15) is 40.2 Å². The van der Waals surface area contributed by atoms with E-state index >= 15 is 0 Å². The van der Waals surface area contributed by atoms with Gasteiger partial charge in [-0.15, -0.1) is 11.8 Å². The van der Waals surface area contributed by atoms with Gasteiger partial charge >= 0.3 is 0 Å². The number of halogens is 5. The van der Waals surface area contributed by atoms with Gasteiger partial charge in [-0.1, -0.05) is 102 Å². The van der Waals surface area contributed by atoms with E-state index in [1.54, 1.807) is 131 Å². The van der Waals surface area contributed by atoms with E-state index in [2.05, 4.69) is 11.8 Å². The van der Waals surface area contributed by atoms with Gasteiger partial charge in [-0.3, -0.25) is 19.2 Å². The summed E-state index contributed by atoms with van der Waals surface area (Å²) in [5.74, 6) is 4.63. The summed E-state index contributed by atoms with van der Waals surface area (Å²) in [7, 11) is -9.10. The van der Waals surface area contributed by atoms with Gasteiger partial charge in [-0.05, 0) is 219 Å². The number of para-hydroxylation sites is 2. The molecule has 708 valence electrons. The summed E-state index contributed by atoms with van der Waals surface area (Å²) in [6, 6.07) is 63.7. The molecule has 0 bridgehead atoms. The lowest BCUT2D eigenvalue weighted by Gasteiger charge is -2.20. The van der Waals surface area contributed by atoms with Crippen LogP contribution >= 0.6 is 58.2 Å². The molecule has 4 amide bonds. The van der Waals surface area contributed by atoms with E-state index < -0.39 is 45.9 Å². The highest BCUT2D eigenvalue weighted by Crippen LogP contribution is 2.50. The lowest BCUT2D eigenvalue weighted by atomic mass is 9.97. The molecule has 0 spiro atoms. The van der Waals surface area contributed by atoms with Crippen LogP contribution in [0.2, 0.25) is 20.1 Å². The number of benzene rings is 12. The number of primary sulfonamides is 4. The molecular weight excluding hydrogens is 1930 g/mol. The first-order chi connectivity index (χ1) is 64.6. The van der Waals surface area contributed by atoms with Gasteiger partial charge < -0.3 is 57.5 Å². The number of hydrogen-bond donors (Lipinski definition) is 4. The number of carbonyl (C=O) groups excluding carboxylic acids is 4. The van der Waals surface area contributed by atoms with E-state index in [0.29, 0.717) is 127 Å². The molecule has 136 heavy (non-hydrogen) atoms. The van der Waals surface area contributed by atoms with Gasteiger partial charge in [0.2, 0.25) is 80.9 Å². The molecule has 29 nitrogen and oxygen atoms in total. The normalized spacial score (nSPS) is 16.0. The summed E-state index contributed by atoms with van der Waals surface area (Å²) in [6.07, 6.45) is 0.982. The predicted molar refractivity (Wildman–Crippen MR) is 520 cm³/mol. The van der Waals surface area contributed by atoms with Gasteiger partial charge in [0.05, 0.1) is 59.5 Å². The van der Waals surface area contributed by atoms with Crippen molar-refractivity contribution in [3.63, 3.8) is 0 Å². The summed E-state index contributed by atoms with van der Waals surface area (Å²) in [6.45, 7) is 14.8. The fourth-order valence-electron chi connectivity index (χ4n) is 16.1. The third-order valence-corrected chi connectivity index (χ3v) is 28.1. The summed E-state index contributed by atoms with van der Waals surface area (Å²) in [5, 5.41) is 22.6. The fourth-order valence-corrected chi connectivity index (χ4v) is 19.5. The first kappa shape index (κ1) is 101. The Balaban J connectivity index is 0.000000153. The summed E-state index contributed by atoms with van der Waals surface area (Å²) >= 11 is 26.7. The van der Waals surface area contributed by atoms with Crippen molar-refractivity contribution >= 4 is 150 Å². The molecule has 0 aliphatic carbocycles. The monoisotopic (exact) mass is 2020 g/mol. The molecule has 4 saturated heterocycles. The highest BCUT2D eigenvalue weighted by atomic mass is 35.5. The number of anilines is 4. The van der Waals surface area contributed by atoms with E-state index in [0.717, 1.165) is 50.0 Å². The van der Waals surface area contributed by atoms with Gasteiger partial charge in [0.15, 0.2) is 23.1 Å². The Morgan fingerprint density at radius 1 is 0.368 bits per heavy atom. The second-order valence-electron chi connectivity index (χ2n) is 31.4. The zero-order valence-corrected chi connectivity index (χ0v) is 80.9. The zero-order chi connectivity index (χ0) is 98.0. The Kier molecular flexibility index (Phi) is 32.1. The Bertz CT molecular complexity index is 7080. The van der Waals surface area contributed by atoms with Crippen LogP contribution in [0.1, 0.15) is 89.7 Å². The first-order valence-electron chi connectivity index (χ1n) is 41.6. The van der Waals surface area contributed by atoms with Crippen molar-refractivity contribution in [3.05, 3.63) is 307 Å². The molecule has 4 aliphatic rings. The summed E-state index contributed by atoms with van der Waals surface area (Å²) in [4.78, 5) is 62.0. The van der Waals surface area contributed by atoms with Crippen LogP contribution in [0.4, 0.5) is 32.8 Å². The number of sulfonamides is 4. The zero-order valence-electron chi connectivity index (χ0n) is 73.8. The second kappa shape index (κ2) is 43.2. The standard InChI is InChI=1S/C25H25ClN2O7S.C25H25ClN2O5S.C24H23ClN2O4S2.C23H17ClFN3O4S/c1-32-20-10-11-21(25(34-3)24(20)33-2)35-22-13-16(26)4-9-19(22)15-12-23(29)28(14-15)17-5-7-18(8-6-17)36(27,30)31;1-15-10-20(11-16(2)25(15)32-3)33-23-13-18(26)4-9-22(23)17-12-24(29)28(14-17)19-5-7-21(8-6-19)34(27,30)31;1-2-32-23-6-4-3-5-21(23)31-22-14-17(25)7-12-20(22)16-13-24(28)27(15-16)18-8-10-19(11-9-18)33(26,29)30;1-27-20-4-2-3-19(25)23(20)32-21-12-15(24)5-10-18(21)14-11-22(29)28(13-14)16-6-8-17(9-7-16)33(26,30)31/h4-11,13,15H,12,14H2,1-3H3,(H2,27,30,31);4-11,13,17H,12,14H2,1-3H3,(H2,27,30,31);3-12,14,16H,2,13,15H2,1H3,(H2,26,29,30);2-10,12,14H,11,13H2,(H2,26,30,31)/t15-;17-;16-;14-/m0000/s1. The molecule has 0 radical (unpaired) electrons. The van der Waals surface area contributed by atoms with Gasteiger partial charge in [0.25, 0.3) is 0 Å². The summed E-state index contributed by atoms with van der Waals surface area (Å²) < 4.78 is 153. The van der Waals surface area contributed by atoms with Crippen LogP contribution in [-0.2, 0) is 59.3 Å². The first-order valence-corrected chi connectivity index (χ1v) is 50.3. The highest BCUT2D eigenvalue weighted by Gasteiger charge is 2.39. The number of amides is 4. The van der Waals surface area contributed by atoms with Crippen LogP contribution in [-0.4, -0.2) is 118 Å². The third-order valence-electron chi connectivity index (χ3n) is 22.5. The number of rotatable bonds is 26. The minimum absolute atomic E-state index is 0.00193. The molecule has 4 atom stereocenters. The molecular formula is C97H90Cl4FN9O20S5. The van der Waals surface area contributed by atoms with Crippen LogP contribution in [0, 0.1) is 26.2 Å². The van der Waals surface area contributed by atoms with Crippen molar-refractivity contribution in [1.82, 2.24) is 0 Å². The maximum Gasteiger partial charge on any atom is 0.238 e. The van der Waals surface area contributed by atoms with Crippen molar-refractivity contribution in [1.29, 1.82) is 0 Å². The van der Waals surface area contributed by atoms with Crippen LogP contribution in [0.15, 0.2) is 261 Å². The maximum atomic E-state index is 14.4. The second-order valence-corrected chi connectivity index (χ2v) is 40.7. The van der Waals surface area contributed by atoms with Gasteiger partial charge in [-0.25, -0.2) is 63.5 Å². The SMILES string of the molecule is CCSc1ccccc1Oc1cc(Cl)ccc1[C@H]1CC(=O)N(c2ccc(S(N)(=O)=O)cc2)C1.COc1c(C)cc(Oc2cc(Cl)ccc2[C@H]2CC(=O)N(c3ccc(S(N)(=O)=O)cc3)C2)cc1C.COc1ccc(Oc2cc(Cl)ccc2[C@H]2CC(=O)N(c3ccc(S(N)(=O)=O)cc3)C2)c(OC)c1OC.[C-]#[N+]c1cccc(F)c1Oc1cc(Cl)ccc1[C@H]1CC(=O)N(c2ccc(S(N)(=O)=O)cc2)C1. The molecule has 12 aromatic carbocycles. The number of carbonyl (C=O) groups is 4. The molecule has 4 heterocycles. The van der Waals surface area contributed by atoms with Crippen molar-refractivity contribution < 1.29 is 95.1 Å². The van der Waals surface area contributed by atoms with Crippen molar-refractivity contribution in [3.8, 4) is 69.0 Å². The van der Waals surface area contributed by atoms with Crippen LogP contribution in [0.3, 0.4) is 0 Å². The largest absolute Gasteiger partial charge is 0.496 e. The van der Waals surface area contributed by atoms with E-state index in [1.807, 2.05) is 68.4 Å². The molecule has 0 saturated carbocycles. The Hall–Kier alpha value is -12.5. The molecule has 4 aliphatic heterocycles. The maximum absolute atomic E-state index is 14.4. The molecule has 39 heteroatoms. The number of nitrogens with two attached hydrogens (primary N) is 4.